The topological polar surface area (TPSA) is 81.0 Å². The van der Waals surface area contributed by atoms with Crippen LogP contribution in [-0.2, 0) is 0 Å². The van der Waals surface area contributed by atoms with Crippen LogP contribution in [0.1, 0.15) is 6.42 Å². The summed E-state index contributed by atoms with van der Waals surface area (Å²) in [6.45, 7) is 1.66. The number of hydrogen-bond acceptors (Lipinski definition) is 7. The second-order valence-electron chi connectivity index (χ2n) is 6.87. The maximum atomic E-state index is 5.72. The number of benzene rings is 1. The fourth-order valence-corrected chi connectivity index (χ4v) is 2.93. The average molecular weight is 389 g/mol. The predicted octanol–water partition coefficient (Wildman–Crippen LogP) is 3.28. The van der Waals surface area contributed by atoms with Gasteiger partial charge in [0.15, 0.2) is 0 Å². The molecule has 1 aromatic carbocycles. The molecule has 0 spiro atoms. The maximum absolute atomic E-state index is 5.72. The summed E-state index contributed by atoms with van der Waals surface area (Å²) >= 11 is 0. The summed E-state index contributed by atoms with van der Waals surface area (Å²) in [5.74, 6) is 2.82. The van der Waals surface area contributed by atoms with Crippen molar-refractivity contribution >= 4 is 22.7 Å². The monoisotopic (exact) mass is 389 g/mol. The highest BCUT2D eigenvalue weighted by atomic mass is 16.5. The molecule has 8 heteroatoms. The first-order valence-corrected chi connectivity index (χ1v) is 9.44. The number of pyridine rings is 1. The molecule has 0 unspecified atom stereocenters. The summed E-state index contributed by atoms with van der Waals surface area (Å²) in [5, 5.41) is 3.21. The van der Waals surface area contributed by atoms with Crippen molar-refractivity contribution in [3.63, 3.8) is 0 Å². The zero-order valence-electron chi connectivity index (χ0n) is 16.5. The minimum atomic E-state index is 0.653. The molecule has 0 aliphatic heterocycles. The molecular formula is C21H23N7O. The van der Waals surface area contributed by atoms with Gasteiger partial charge in [-0.05, 0) is 44.8 Å². The number of rotatable bonds is 8. The average Bonchev–Trinajstić information content (AvgIpc) is 3.17. The highest BCUT2D eigenvalue weighted by molar-refractivity contribution is 5.77. The summed E-state index contributed by atoms with van der Waals surface area (Å²) in [4.78, 5) is 19.6. The lowest BCUT2D eigenvalue weighted by Gasteiger charge is -2.11. The molecule has 0 saturated carbocycles. The van der Waals surface area contributed by atoms with Gasteiger partial charge >= 0.3 is 0 Å². The number of fused-ring (bicyclic) bond motifs is 1. The van der Waals surface area contributed by atoms with E-state index in [1.54, 1.807) is 12.5 Å². The lowest BCUT2D eigenvalue weighted by Crippen LogP contribution is -2.15. The molecule has 4 aromatic rings. The van der Waals surface area contributed by atoms with Gasteiger partial charge in [-0.3, -0.25) is 4.57 Å². The molecule has 148 valence electrons. The van der Waals surface area contributed by atoms with E-state index in [-0.39, 0.29) is 0 Å². The lowest BCUT2D eigenvalue weighted by atomic mass is 10.3. The standard InChI is InChI=1S/C21H23N7O/c1-27(2)10-5-11-29-16-8-9-19(22-13-16)26-20-12-21(24-14-23-20)28-15-25-17-6-3-4-7-18(17)28/h3-4,6-9,12-15H,5,10-11H2,1-2H3,(H,22,23,24,26). The number of nitrogens with zero attached hydrogens (tertiary/aromatic N) is 6. The fourth-order valence-electron chi connectivity index (χ4n) is 2.93. The molecule has 0 amide bonds. The number of hydrogen-bond donors (Lipinski definition) is 1. The first-order valence-electron chi connectivity index (χ1n) is 9.44. The lowest BCUT2D eigenvalue weighted by molar-refractivity contribution is 0.281. The minimum Gasteiger partial charge on any atom is -0.492 e. The van der Waals surface area contributed by atoms with Crippen molar-refractivity contribution in [3.05, 3.63) is 61.3 Å². The van der Waals surface area contributed by atoms with Gasteiger partial charge in [0.2, 0.25) is 0 Å². The highest BCUT2D eigenvalue weighted by Crippen LogP contribution is 2.20. The molecule has 0 fully saturated rings. The number of nitrogens with one attached hydrogen (secondary N) is 1. The van der Waals surface area contributed by atoms with Crippen molar-refractivity contribution in [2.45, 2.75) is 6.42 Å². The number of para-hydroxylation sites is 2. The van der Waals surface area contributed by atoms with Gasteiger partial charge in [-0.25, -0.2) is 19.9 Å². The Kier molecular flexibility index (Phi) is 5.62. The van der Waals surface area contributed by atoms with Crippen molar-refractivity contribution in [1.29, 1.82) is 0 Å². The largest absolute Gasteiger partial charge is 0.492 e. The van der Waals surface area contributed by atoms with Crippen LogP contribution < -0.4 is 10.1 Å². The van der Waals surface area contributed by atoms with Crippen LogP contribution in [0.5, 0.6) is 5.75 Å². The Hall–Kier alpha value is -3.52. The third-order valence-corrected chi connectivity index (χ3v) is 4.36. The Morgan fingerprint density at radius 2 is 1.90 bits per heavy atom. The summed E-state index contributed by atoms with van der Waals surface area (Å²) in [6, 6.07) is 13.6. The summed E-state index contributed by atoms with van der Waals surface area (Å²) in [6.07, 6.45) is 5.97. The van der Waals surface area contributed by atoms with Gasteiger partial charge in [-0.15, -0.1) is 0 Å². The maximum Gasteiger partial charge on any atom is 0.143 e. The van der Waals surface area contributed by atoms with Crippen LogP contribution in [0, 0.1) is 0 Å². The van der Waals surface area contributed by atoms with Gasteiger partial charge in [0.05, 0.1) is 23.8 Å². The SMILES string of the molecule is CN(C)CCCOc1ccc(Nc2cc(-n3cnc4ccccc43)ncn2)nc1. The molecular weight excluding hydrogens is 366 g/mol. The summed E-state index contributed by atoms with van der Waals surface area (Å²) < 4.78 is 7.65. The van der Waals surface area contributed by atoms with Crippen molar-refractivity contribution in [3.8, 4) is 11.6 Å². The number of imidazole rings is 1. The molecule has 8 nitrogen and oxygen atoms in total. The first kappa shape index (κ1) is 18.8. The van der Waals surface area contributed by atoms with E-state index in [4.69, 9.17) is 4.74 Å². The van der Waals surface area contributed by atoms with E-state index < -0.39 is 0 Å². The third-order valence-electron chi connectivity index (χ3n) is 4.36. The van der Waals surface area contributed by atoms with Crippen molar-refractivity contribution < 1.29 is 4.74 Å². The van der Waals surface area contributed by atoms with E-state index in [0.717, 1.165) is 35.6 Å². The summed E-state index contributed by atoms with van der Waals surface area (Å²) in [5.41, 5.74) is 1.91. The van der Waals surface area contributed by atoms with E-state index in [1.165, 1.54) is 6.33 Å². The predicted molar refractivity (Wildman–Crippen MR) is 113 cm³/mol. The molecule has 0 radical (unpaired) electrons. The third kappa shape index (κ3) is 4.67. The Morgan fingerprint density at radius 1 is 1.00 bits per heavy atom. The minimum absolute atomic E-state index is 0.653. The van der Waals surface area contributed by atoms with Gasteiger partial charge in [-0.1, -0.05) is 12.1 Å². The Bertz CT molecular complexity index is 1080. The van der Waals surface area contributed by atoms with Gasteiger partial charge in [0.1, 0.15) is 35.9 Å². The normalized spacial score (nSPS) is 11.1. The molecule has 4 rings (SSSR count). The van der Waals surface area contributed by atoms with Gasteiger partial charge in [0, 0.05) is 12.6 Å². The van der Waals surface area contributed by atoms with E-state index in [1.807, 2.05) is 47.0 Å². The molecule has 3 heterocycles. The van der Waals surface area contributed by atoms with Crippen molar-refractivity contribution in [2.75, 3.05) is 32.6 Å². The van der Waals surface area contributed by atoms with Gasteiger partial charge < -0.3 is 15.0 Å². The van der Waals surface area contributed by atoms with Crippen LogP contribution in [0.4, 0.5) is 11.6 Å². The number of ether oxygens (including phenoxy) is 1. The second-order valence-corrected chi connectivity index (χ2v) is 6.87. The Balaban J connectivity index is 1.43. The zero-order chi connectivity index (χ0) is 20.1. The molecule has 0 atom stereocenters. The van der Waals surface area contributed by atoms with Crippen molar-refractivity contribution in [1.82, 2.24) is 29.4 Å². The molecule has 0 aliphatic rings. The van der Waals surface area contributed by atoms with E-state index in [0.29, 0.717) is 18.2 Å². The zero-order valence-corrected chi connectivity index (χ0v) is 16.5. The van der Waals surface area contributed by atoms with E-state index in [9.17, 15) is 0 Å². The van der Waals surface area contributed by atoms with E-state index in [2.05, 4.69) is 44.2 Å². The van der Waals surface area contributed by atoms with Gasteiger partial charge in [0.25, 0.3) is 0 Å². The molecule has 0 bridgehead atoms. The van der Waals surface area contributed by atoms with Crippen LogP contribution in [0.25, 0.3) is 16.9 Å². The summed E-state index contributed by atoms with van der Waals surface area (Å²) in [7, 11) is 4.10. The molecule has 1 N–H and O–H groups in total. The van der Waals surface area contributed by atoms with Gasteiger partial charge in [-0.2, -0.15) is 0 Å². The van der Waals surface area contributed by atoms with Crippen LogP contribution in [0.3, 0.4) is 0 Å². The van der Waals surface area contributed by atoms with E-state index >= 15 is 0 Å². The van der Waals surface area contributed by atoms with Crippen LogP contribution in [0.15, 0.2) is 61.3 Å². The number of anilines is 2. The Morgan fingerprint density at radius 3 is 2.72 bits per heavy atom. The second kappa shape index (κ2) is 8.66. The van der Waals surface area contributed by atoms with Crippen molar-refractivity contribution in [2.24, 2.45) is 0 Å². The highest BCUT2D eigenvalue weighted by Gasteiger charge is 2.07. The molecule has 3 aromatic heterocycles. The van der Waals surface area contributed by atoms with Crippen LogP contribution >= 0.6 is 0 Å². The quantitative estimate of drug-likeness (QED) is 0.463. The van der Waals surface area contributed by atoms with Crippen LogP contribution in [-0.4, -0.2) is 56.6 Å². The smallest absolute Gasteiger partial charge is 0.143 e. The molecule has 0 saturated heterocycles. The fraction of sp³-hybridized carbons (Fsp3) is 0.238. The molecule has 0 aliphatic carbocycles. The number of aromatic nitrogens is 5. The molecule has 29 heavy (non-hydrogen) atoms. The first-order chi connectivity index (χ1) is 14.2. The Labute approximate surface area is 169 Å². The van der Waals surface area contributed by atoms with Crippen LogP contribution in [0.2, 0.25) is 0 Å².